The molecule has 2 heterocycles. The molecule has 98 valence electrons. The van der Waals surface area contributed by atoms with E-state index in [1.165, 1.54) is 0 Å². The molecule has 2 N–H and O–H groups in total. The summed E-state index contributed by atoms with van der Waals surface area (Å²) < 4.78 is 0. The van der Waals surface area contributed by atoms with Gasteiger partial charge in [-0.3, -0.25) is 4.79 Å². The minimum atomic E-state index is 0.0641. The quantitative estimate of drug-likeness (QED) is 0.827. The molecule has 1 aromatic heterocycles. The smallest absolute Gasteiger partial charge is 0.255 e. The van der Waals surface area contributed by atoms with E-state index in [9.17, 15) is 4.79 Å². The largest absolute Gasteiger partial charge is 0.384 e. The summed E-state index contributed by atoms with van der Waals surface area (Å²) in [6, 6.07) is 3.42. The Labute approximate surface area is 108 Å². The molecule has 1 aliphatic heterocycles. The van der Waals surface area contributed by atoms with E-state index in [4.69, 9.17) is 5.73 Å². The SMILES string of the molecule is CC(C)(C)C1CCN(C(=O)c2ccc(N)nc2)C1. The van der Waals surface area contributed by atoms with E-state index < -0.39 is 0 Å². The molecule has 2 rings (SSSR count). The Balaban J connectivity index is 2.06. The predicted octanol–water partition coefficient (Wildman–Crippen LogP) is 2.17. The molecule has 4 nitrogen and oxygen atoms in total. The van der Waals surface area contributed by atoms with Gasteiger partial charge in [0.05, 0.1) is 5.56 Å². The number of carbonyl (C=O) groups is 1. The van der Waals surface area contributed by atoms with Crippen molar-refractivity contribution in [1.82, 2.24) is 9.88 Å². The van der Waals surface area contributed by atoms with Gasteiger partial charge in [0, 0.05) is 19.3 Å². The van der Waals surface area contributed by atoms with Gasteiger partial charge in [-0.15, -0.1) is 0 Å². The maximum Gasteiger partial charge on any atom is 0.255 e. The van der Waals surface area contributed by atoms with Crippen LogP contribution in [0.2, 0.25) is 0 Å². The number of nitrogen functional groups attached to an aromatic ring is 1. The van der Waals surface area contributed by atoms with Crippen LogP contribution in [0, 0.1) is 11.3 Å². The van der Waals surface area contributed by atoms with E-state index in [1.54, 1.807) is 18.3 Å². The normalized spacial score (nSPS) is 20.2. The zero-order valence-electron chi connectivity index (χ0n) is 11.3. The third kappa shape index (κ3) is 2.63. The van der Waals surface area contributed by atoms with E-state index in [2.05, 4.69) is 25.8 Å². The van der Waals surface area contributed by atoms with Crippen molar-refractivity contribution in [1.29, 1.82) is 0 Å². The van der Waals surface area contributed by atoms with Crippen LogP contribution in [-0.4, -0.2) is 28.9 Å². The summed E-state index contributed by atoms with van der Waals surface area (Å²) in [7, 11) is 0. The van der Waals surface area contributed by atoms with Crippen molar-refractivity contribution in [2.75, 3.05) is 18.8 Å². The lowest BCUT2D eigenvalue weighted by Gasteiger charge is -2.26. The Bertz CT molecular complexity index is 433. The van der Waals surface area contributed by atoms with E-state index in [1.807, 2.05) is 4.90 Å². The van der Waals surface area contributed by atoms with Crippen LogP contribution >= 0.6 is 0 Å². The Morgan fingerprint density at radius 3 is 2.67 bits per heavy atom. The van der Waals surface area contributed by atoms with Crippen LogP contribution in [0.25, 0.3) is 0 Å². The molecule has 18 heavy (non-hydrogen) atoms. The number of amides is 1. The van der Waals surface area contributed by atoms with Gasteiger partial charge in [0.2, 0.25) is 0 Å². The fourth-order valence-corrected chi connectivity index (χ4v) is 2.37. The summed E-state index contributed by atoms with van der Waals surface area (Å²) in [6.07, 6.45) is 2.64. The highest BCUT2D eigenvalue weighted by atomic mass is 16.2. The van der Waals surface area contributed by atoms with Gasteiger partial charge in [-0.05, 0) is 29.9 Å². The van der Waals surface area contributed by atoms with Gasteiger partial charge in [-0.25, -0.2) is 4.98 Å². The lowest BCUT2D eigenvalue weighted by molar-refractivity contribution is 0.0776. The molecule has 0 aromatic carbocycles. The van der Waals surface area contributed by atoms with E-state index >= 15 is 0 Å². The molecular formula is C14H21N3O. The minimum Gasteiger partial charge on any atom is -0.384 e. The highest BCUT2D eigenvalue weighted by Crippen LogP contribution is 2.33. The first-order valence-electron chi connectivity index (χ1n) is 6.39. The lowest BCUT2D eigenvalue weighted by atomic mass is 9.80. The van der Waals surface area contributed by atoms with Gasteiger partial charge >= 0.3 is 0 Å². The van der Waals surface area contributed by atoms with Crippen molar-refractivity contribution in [3.05, 3.63) is 23.9 Å². The topological polar surface area (TPSA) is 59.2 Å². The number of pyridine rings is 1. The zero-order valence-corrected chi connectivity index (χ0v) is 11.3. The van der Waals surface area contributed by atoms with Gasteiger partial charge < -0.3 is 10.6 Å². The predicted molar refractivity (Wildman–Crippen MR) is 72.1 cm³/mol. The third-order valence-electron chi connectivity index (χ3n) is 3.73. The second-order valence-electron chi connectivity index (χ2n) is 6.07. The summed E-state index contributed by atoms with van der Waals surface area (Å²) in [4.78, 5) is 18.2. The molecule has 0 aliphatic carbocycles. The monoisotopic (exact) mass is 247 g/mol. The van der Waals surface area contributed by atoms with Crippen molar-refractivity contribution in [2.24, 2.45) is 11.3 Å². The molecule has 1 fully saturated rings. The van der Waals surface area contributed by atoms with Crippen LogP contribution in [0.5, 0.6) is 0 Å². The molecular weight excluding hydrogens is 226 g/mol. The number of rotatable bonds is 1. The molecule has 1 atom stereocenters. The molecule has 0 saturated carbocycles. The Morgan fingerprint density at radius 1 is 1.44 bits per heavy atom. The van der Waals surface area contributed by atoms with Crippen LogP contribution in [0.4, 0.5) is 5.82 Å². The number of likely N-dealkylation sites (tertiary alicyclic amines) is 1. The fourth-order valence-electron chi connectivity index (χ4n) is 2.37. The van der Waals surface area contributed by atoms with Gasteiger partial charge in [0.15, 0.2) is 0 Å². The Morgan fingerprint density at radius 2 is 2.17 bits per heavy atom. The summed E-state index contributed by atoms with van der Waals surface area (Å²) in [5.41, 5.74) is 6.41. The molecule has 1 aromatic rings. The molecule has 1 amide bonds. The van der Waals surface area contributed by atoms with E-state index in [0.29, 0.717) is 17.3 Å². The van der Waals surface area contributed by atoms with Crippen LogP contribution in [0.1, 0.15) is 37.6 Å². The second-order valence-corrected chi connectivity index (χ2v) is 6.07. The molecule has 0 spiro atoms. The summed E-state index contributed by atoms with van der Waals surface area (Å²) in [5, 5.41) is 0. The first-order valence-corrected chi connectivity index (χ1v) is 6.39. The average molecular weight is 247 g/mol. The van der Waals surface area contributed by atoms with Gasteiger partial charge in [0.1, 0.15) is 5.82 Å². The number of hydrogen-bond acceptors (Lipinski definition) is 3. The summed E-state index contributed by atoms with van der Waals surface area (Å²) in [6.45, 7) is 8.38. The highest BCUT2D eigenvalue weighted by Gasteiger charge is 2.34. The maximum atomic E-state index is 12.3. The first kappa shape index (κ1) is 12.9. The van der Waals surface area contributed by atoms with Crippen LogP contribution in [-0.2, 0) is 0 Å². The number of hydrogen-bond donors (Lipinski definition) is 1. The molecule has 0 bridgehead atoms. The summed E-state index contributed by atoms with van der Waals surface area (Å²) in [5.74, 6) is 1.08. The number of aromatic nitrogens is 1. The summed E-state index contributed by atoms with van der Waals surface area (Å²) >= 11 is 0. The van der Waals surface area contributed by atoms with Gasteiger partial charge in [0.25, 0.3) is 5.91 Å². The number of carbonyl (C=O) groups excluding carboxylic acids is 1. The molecule has 1 saturated heterocycles. The number of nitrogens with zero attached hydrogens (tertiary/aromatic N) is 2. The van der Waals surface area contributed by atoms with Crippen LogP contribution in [0.3, 0.4) is 0 Å². The molecule has 0 radical (unpaired) electrons. The standard InChI is InChI=1S/C14H21N3O/c1-14(2,3)11-6-7-17(9-11)13(18)10-4-5-12(15)16-8-10/h4-5,8,11H,6-7,9H2,1-3H3,(H2,15,16). The third-order valence-corrected chi connectivity index (χ3v) is 3.73. The Hall–Kier alpha value is -1.58. The van der Waals surface area contributed by atoms with E-state index in [0.717, 1.165) is 19.5 Å². The number of nitrogens with two attached hydrogens (primary N) is 1. The van der Waals surface area contributed by atoms with Crippen molar-refractivity contribution in [3.63, 3.8) is 0 Å². The zero-order chi connectivity index (χ0) is 13.3. The van der Waals surface area contributed by atoms with Crippen molar-refractivity contribution >= 4 is 11.7 Å². The second kappa shape index (κ2) is 4.59. The number of anilines is 1. The molecule has 4 heteroatoms. The Kier molecular flexibility index (Phi) is 3.28. The molecule has 1 aliphatic rings. The highest BCUT2D eigenvalue weighted by molar-refractivity contribution is 5.94. The van der Waals surface area contributed by atoms with Crippen LogP contribution in [0.15, 0.2) is 18.3 Å². The first-order chi connectivity index (χ1) is 8.38. The maximum absolute atomic E-state index is 12.3. The van der Waals surface area contributed by atoms with Gasteiger partial charge in [-0.2, -0.15) is 0 Å². The average Bonchev–Trinajstić information content (AvgIpc) is 2.78. The van der Waals surface area contributed by atoms with Crippen molar-refractivity contribution in [3.8, 4) is 0 Å². The fraction of sp³-hybridized carbons (Fsp3) is 0.571. The van der Waals surface area contributed by atoms with Crippen LogP contribution < -0.4 is 5.73 Å². The minimum absolute atomic E-state index is 0.0641. The van der Waals surface area contributed by atoms with Crippen molar-refractivity contribution in [2.45, 2.75) is 27.2 Å². The molecule has 1 unspecified atom stereocenters. The van der Waals surface area contributed by atoms with Gasteiger partial charge in [-0.1, -0.05) is 20.8 Å². The van der Waals surface area contributed by atoms with E-state index in [-0.39, 0.29) is 11.3 Å². The van der Waals surface area contributed by atoms with Crippen molar-refractivity contribution < 1.29 is 4.79 Å². The lowest BCUT2D eigenvalue weighted by Crippen LogP contribution is -2.31.